The lowest BCUT2D eigenvalue weighted by Crippen LogP contribution is -2.56. The highest BCUT2D eigenvalue weighted by atomic mass is 16.2. The topological polar surface area (TPSA) is 44.4 Å². The Kier molecular flexibility index (Phi) is 4.59. The molecule has 0 aromatic heterocycles. The van der Waals surface area contributed by atoms with Gasteiger partial charge in [-0.1, -0.05) is 13.3 Å². The van der Waals surface area contributed by atoms with E-state index < -0.39 is 0 Å². The first-order valence-electron chi connectivity index (χ1n) is 6.28. The molecule has 0 aromatic carbocycles. The number of carbonyl (C=O) groups is 1. The van der Waals surface area contributed by atoms with Gasteiger partial charge in [0.25, 0.3) is 0 Å². The Morgan fingerprint density at radius 3 is 2.62 bits per heavy atom. The molecule has 2 amide bonds. The number of hydrogen-bond donors (Lipinski definition) is 2. The van der Waals surface area contributed by atoms with Crippen LogP contribution in [-0.2, 0) is 0 Å². The molecule has 2 N–H and O–H groups in total. The number of carbonyl (C=O) groups excluding carboxylic acids is 1. The number of piperidine rings is 1. The smallest absolute Gasteiger partial charge is 0.329 e. The lowest BCUT2D eigenvalue weighted by Gasteiger charge is -2.35. The van der Waals surface area contributed by atoms with Crippen LogP contribution in [0.3, 0.4) is 0 Å². The minimum Gasteiger partial charge on any atom is -0.332 e. The van der Waals surface area contributed by atoms with Crippen LogP contribution < -0.4 is 10.7 Å². The van der Waals surface area contributed by atoms with Gasteiger partial charge in [0.15, 0.2) is 0 Å². The van der Waals surface area contributed by atoms with E-state index in [9.17, 15) is 4.79 Å². The van der Waals surface area contributed by atoms with Crippen LogP contribution in [0, 0.1) is 0 Å². The lowest BCUT2D eigenvalue weighted by atomic mass is 10.0. The van der Waals surface area contributed by atoms with Gasteiger partial charge in [-0.25, -0.2) is 9.80 Å². The number of nitrogens with zero attached hydrogens (tertiary/aromatic N) is 1. The van der Waals surface area contributed by atoms with Crippen molar-refractivity contribution in [3.05, 3.63) is 0 Å². The molecule has 0 radical (unpaired) electrons. The molecular formula is C12H25N3O. The van der Waals surface area contributed by atoms with Crippen LogP contribution in [0.25, 0.3) is 0 Å². The summed E-state index contributed by atoms with van der Waals surface area (Å²) in [6.45, 7) is 9.10. The molecule has 1 saturated heterocycles. The van der Waals surface area contributed by atoms with E-state index in [2.05, 4.69) is 22.7 Å². The Bertz CT molecular complexity index is 235. The zero-order chi connectivity index (χ0) is 12.2. The fraction of sp³-hybridized carbons (Fsp3) is 0.917. The summed E-state index contributed by atoms with van der Waals surface area (Å²) in [5, 5.41) is 5.01. The summed E-state index contributed by atoms with van der Waals surface area (Å²) in [5.74, 6) is 0. The highest BCUT2D eigenvalue weighted by molar-refractivity contribution is 5.74. The molecule has 1 atom stereocenters. The van der Waals surface area contributed by atoms with E-state index in [4.69, 9.17) is 0 Å². The molecule has 0 aromatic rings. The minimum atomic E-state index is -0.179. The van der Waals surface area contributed by atoms with Crippen LogP contribution in [0.1, 0.15) is 53.4 Å². The molecule has 1 fully saturated rings. The van der Waals surface area contributed by atoms with E-state index in [0.717, 1.165) is 13.0 Å². The molecule has 94 valence electrons. The van der Waals surface area contributed by atoms with E-state index >= 15 is 0 Å². The first-order chi connectivity index (χ1) is 7.42. The third kappa shape index (κ3) is 4.39. The predicted octanol–water partition coefficient (Wildman–Crippen LogP) is 2.26. The van der Waals surface area contributed by atoms with Crippen molar-refractivity contribution in [2.75, 3.05) is 6.54 Å². The van der Waals surface area contributed by atoms with Gasteiger partial charge in [-0.15, -0.1) is 0 Å². The van der Waals surface area contributed by atoms with Crippen molar-refractivity contribution in [3.63, 3.8) is 0 Å². The van der Waals surface area contributed by atoms with E-state index in [1.165, 1.54) is 19.3 Å². The molecular weight excluding hydrogens is 202 g/mol. The van der Waals surface area contributed by atoms with Crippen LogP contribution in [0.15, 0.2) is 0 Å². The average molecular weight is 227 g/mol. The first-order valence-corrected chi connectivity index (χ1v) is 6.28. The molecule has 0 spiro atoms. The third-order valence-corrected chi connectivity index (χ3v) is 2.83. The molecule has 0 bridgehead atoms. The fourth-order valence-electron chi connectivity index (χ4n) is 2.07. The van der Waals surface area contributed by atoms with Gasteiger partial charge in [0, 0.05) is 18.1 Å². The Morgan fingerprint density at radius 1 is 1.38 bits per heavy atom. The molecule has 0 saturated carbocycles. The SMILES string of the molecule is CCC1CCCCN1NC(=O)NC(C)(C)C. The number of hydrazine groups is 1. The second kappa shape index (κ2) is 5.53. The quantitative estimate of drug-likeness (QED) is 0.760. The summed E-state index contributed by atoms with van der Waals surface area (Å²) in [6.07, 6.45) is 4.73. The summed E-state index contributed by atoms with van der Waals surface area (Å²) in [7, 11) is 0. The zero-order valence-corrected chi connectivity index (χ0v) is 11.0. The van der Waals surface area contributed by atoms with E-state index in [1.54, 1.807) is 0 Å². The predicted molar refractivity (Wildman–Crippen MR) is 66.1 cm³/mol. The number of amides is 2. The molecule has 1 heterocycles. The first kappa shape index (κ1) is 13.3. The van der Waals surface area contributed by atoms with Gasteiger partial charge in [0.05, 0.1) is 0 Å². The molecule has 16 heavy (non-hydrogen) atoms. The van der Waals surface area contributed by atoms with Crippen LogP contribution >= 0.6 is 0 Å². The van der Waals surface area contributed by atoms with Crippen molar-refractivity contribution in [1.82, 2.24) is 15.8 Å². The number of urea groups is 1. The minimum absolute atomic E-state index is 0.0900. The Hall–Kier alpha value is -0.770. The second-order valence-corrected chi connectivity index (χ2v) is 5.57. The summed E-state index contributed by atoms with van der Waals surface area (Å²) in [5.41, 5.74) is 2.78. The highest BCUT2D eigenvalue weighted by Crippen LogP contribution is 2.17. The zero-order valence-electron chi connectivity index (χ0n) is 11.0. The van der Waals surface area contributed by atoms with Gasteiger partial charge in [0.2, 0.25) is 0 Å². The molecule has 0 aliphatic carbocycles. The van der Waals surface area contributed by atoms with Crippen LogP contribution in [0.5, 0.6) is 0 Å². The summed E-state index contributed by atoms with van der Waals surface area (Å²) >= 11 is 0. The standard InChI is InChI=1S/C12H25N3O/c1-5-10-8-6-7-9-15(10)14-11(16)13-12(2,3)4/h10H,5-9H2,1-4H3,(H2,13,14,16). The molecule has 1 aliphatic rings. The van der Waals surface area contributed by atoms with Crippen molar-refractivity contribution < 1.29 is 4.79 Å². The lowest BCUT2D eigenvalue weighted by molar-refractivity contribution is 0.0924. The van der Waals surface area contributed by atoms with Crippen LogP contribution in [0.4, 0.5) is 4.79 Å². The fourth-order valence-corrected chi connectivity index (χ4v) is 2.07. The van der Waals surface area contributed by atoms with E-state index in [0.29, 0.717) is 6.04 Å². The molecule has 4 nitrogen and oxygen atoms in total. The van der Waals surface area contributed by atoms with Gasteiger partial charge < -0.3 is 5.32 Å². The van der Waals surface area contributed by atoms with Crippen LogP contribution in [0.2, 0.25) is 0 Å². The monoisotopic (exact) mass is 227 g/mol. The molecule has 1 aliphatic heterocycles. The number of hydrogen-bond acceptors (Lipinski definition) is 2. The maximum absolute atomic E-state index is 11.7. The summed E-state index contributed by atoms with van der Waals surface area (Å²) < 4.78 is 0. The van der Waals surface area contributed by atoms with Crippen molar-refractivity contribution in [1.29, 1.82) is 0 Å². The molecule has 1 unspecified atom stereocenters. The van der Waals surface area contributed by atoms with Crippen molar-refractivity contribution in [2.24, 2.45) is 0 Å². The Balaban J connectivity index is 2.42. The number of rotatable bonds is 2. The van der Waals surface area contributed by atoms with Gasteiger partial charge in [-0.05, 0) is 40.0 Å². The summed E-state index contributed by atoms with van der Waals surface area (Å²) in [4.78, 5) is 11.7. The highest BCUT2D eigenvalue weighted by Gasteiger charge is 2.23. The van der Waals surface area contributed by atoms with Gasteiger partial charge in [0.1, 0.15) is 0 Å². The van der Waals surface area contributed by atoms with Gasteiger partial charge in [-0.3, -0.25) is 5.43 Å². The second-order valence-electron chi connectivity index (χ2n) is 5.57. The van der Waals surface area contributed by atoms with Crippen molar-refractivity contribution in [3.8, 4) is 0 Å². The number of nitrogens with one attached hydrogen (secondary N) is 2. The van der Waals surface area contributed by atoms with Crippen LogP contribution in [-0.4, -0.2) is 29.2 Å². The summed E-state index contributed by atoms with van der Waals surface area (Å²) in [6, 6.07) is 0.410. The van der Waals surface area contributed by atoms with Crippen molar-refractivity contribution >= 4 is 6.03 Å². The van der Waals surface area contributed by atoms with E-state index in [1.807, 2.05) is 20.8 Å². The van der Waals surface area contributed by atoms with Crippen molar-refractivity contribution in [2.45, 2.75) is 65.0 Å². The normalized spacial score (nSPS) is 22.9. The van der Waals surface area contributed by atoms with Gasteiger partial charge in [-0.2, -0.15) is 0 Å². The van der Waals surface area contributed by atoms with Gasteiger partial charge >= 0.3 is 6.03 Å². The third-order valence-electron chi connectivity index (χ3n) is 2.83. The largest absolute Gasteiger partial charge is 0.332 e. The molecule has 1 rings (SSSR count). The maximum Gasteiger partial charge on any atom is 0.329 e. The molecule has 4 heteroatoms. The Labute approximate surface area is 98.7 Å². The average Bonchev–Trinajstić information content (AvgIpc) is 2.15. The Morgan fingerprint density at radius 2 is 2.06 bits per heavy atom. The maximum atomic E-state index is 11.7. The van der Waals surface area contributed by atoms with E-state index in [-0.39, 0.29) is 11.6 Å².